The van der Waals surface area contributed by atoms with Crippen LogP contribution < -0.4 is 0 Å². The van der Waals surface area contributed by atoms with Crippen molar-refractivity contribution in [3.05, 3.63) is 0 Å². The summed E-state index contributed by atoms with van der Waals surface area (Å²) in [6.45, 7) is 15.3. The van der Waals surface area contributed by atoms with E-state index >= 15 is 0 Å². The highest BCUT2D eigenvalue weighted by atomic mass is 31.1. The first-order valence-electron chi connectivity index (χ1n) is 16.8. The van der Waals surface area contributed by atoms with E-state index in [0.29, 0.717) is 0 Å². The third-order valence-corrected chi connectivity index (χ3v) is 21.0. The van der Waals surface area contributed by atoms with Gasteiger partial charge in [0.05, 0.1) is 59.5 Å². The van der Waals surface area contributed by atoms with Crippen LogP contribution in [0.5, 0.6) is 0 Å². The summed E-state index contributed by atoms with van der Waals surface area (Å²) in [5.41, 5.74) is 0. The molecule has 0 aliphatic carbocycles. The maximum Gasteiger partial charge on any atom is 0.501 e. The molecule has 0 aromatic heterocycles. The van der Waals surface area contributed by atoms with Gasteiger partial charge in [0.1, 0.15) is 0 Å². The van der Waals surface area contributed by atoms with Crippen LogP contribution in [0.2, 0.25) is 18.1 Å². The fourth-order valence-electron chi connectivity index (χ4n) is 6.90. The van der Waals surface area contributed by atoms with Crippen molar-refractivity contribution in [2.24, 2.45) is 0 Å². The lowest BCUT2D eigenvalue weighted by Crippen LogP contribution is -2.55. The van der Waals surface area contributed by atoms with Gasteiger partial charge in [0.2, 0.25) is 0 Å². The maximum absolute atomic E-state index is 6.34. The Bertz CT molecular complexity index is 675. The largest absolute Gasteiger partial charge is 0.501 e. The van der Waals surface area contributed by atoms with Crippen LogP contribution in [0.15, 0.2) is 0 Å². The topological polar surface area (TPSA) is 92.8 Å². The molecule has 248 valence electrons. The first kappa shape index (κ1) is 33.5. The van der Waals surface area contributed by atoms with E-state index in [1.165, 1.54) is 18.5 Å². The van der Waals surface area contributed by atoms with E-state index in [1.807, 2.05) is 0 Å². The van der Waals surface area contributed by atoms with Gasteiger partial charge in [-0.05, 0) is 37.7 Å². The zero-order valence-corrected chi connectivity index (χ0v) is 29.9. The molecule has 0 N–H and O–H groups in total. The Morgan fingerprint density at radius 2 is 0.558 bits per heavy atom. The quantitative estimate of drug-likeness (QED) is 0.222. The number of nitrogens with zero attached hydrogens (tertiary/aromatic N) is 3. The normalized spacial score (nSPS) is 39.8. The molecule has 9 heterocycles. The Kier molecular flexibility index (Phi) is 12.9. The van der Waals surface area contributed by atoms with E-state index in [0.717, 1.165) is 156 Å². The average molecular weight is 680 g/mol. The number of hydrogen-bond donors (Lipinski definition) is 0. The van der Waals surface area contributed by atoms with Gasteiger partial charge in [-0.15, -0.1) is 7.92 Å². The van der Waals surface area contributed by atoms with Crippen LogP contribution in [-0.4, -0.2) is 178 Å². The van der Waals surface area contributed by atoms with Crippen molar-refractivity contribution in [1.29, 1.82) is 0 Å². The van der Waals surface area contributed by atoms with Crippen molar-refractivity contribution in [2.45, 2.75) is 37.4 Å². The highest BCUT2D eigenvalue weighted by Gasteiger charge is 2.46. The lowest BCUT2D eigenvalue weighted by atomic mass is 10.4. The number of fused-ring (bicyclic) bond motifs is 18. The van der Waals surface area contributed by atoms with Crippen LogP contribution >= 0.6 is 7.92 Å². The Hall–Kier alpha value is 0.601. The van der Waals surface area contributed by atoms with Gasteiger partial charge in [-0.3, -0.25) is 14.7 Å². The molecule has 0 aromatic rings. The Labute approximate surface area is 262 Å². The van der Waals surface area contributed by atoms with E-state index in [2.05, 4.69) is 14.7 Å². The molecule has 43 heavy (non-hydrogen) atoms. The third-order valence-electron chi connectivity index (χ3n) is 9.44. The average Bonchev–Trinajstić information content (AvgIpc) is 2.89. The minimum atomic E-state index is -2.60. The van der Waals surface area contributed by atoms with Crippen molar-refractivity contribution >= 4 is 34.3 Å². The zero-order valence-electron chi connectivity index (χ0n) is 26.1. The Morgan fingerprint density at radius 1 is 0.349 bits per heavy atom. The van der Waals surface area contributed by atoms with Crippen LogP contribution in [0, 0.1) is 0 Å². The second-order valence-corrected chi connectivity index (χ2v) is 23.2. The molecule has 0 amide bonds. The van der Waals surface area contributed by atoms with E-state index < -0.39 is 26.4 Å². The van der Waals surface area contributed by atoms with Crippen molar-refractivity contribution in [2.75, 3.05) is 137 Å². The summed E-state index contributed by atoms with van der Waals surface area (Å²) in [4.78, 5) is 7.13. The molecule has 16 heteroatoms. The molecule has 0 radical (unpaired) electrons. The molecule has 6 bridgehead atoms. The van der Waals surface area contributed by atoms with Crippen LogP contribution in [0.1, 0.15) is 19.3 Å². The van der Waals surface area contributed by atoms with E-state index in [1.54, 1.807) is 0 Å². The van der Waals surface area contributed by atoms with Gasteiger partial charge in [-0.25, -0.2) is 0 Å². The lowest BCUT2D eigenvalue weighted by molar-refractivity contribution is -0.00873. The van der Waals surface area contributed by atoms with Gasteiger partial charge in [0.25, 0.3) is 0 Å². The molecular formula is C27H54N3O9PSi3. The van der Waals surface area contributed by atoms with Gasteiger partial charge in [-0.2, -0.15) is 0 Å². The first-order chi connectivity index (χ1) is 21.1. The molecule has 12 nitrogen and oxygen atoms in total. The van der Waals surface area contributed by atoms with Gasteiger partial charge < -0.3 is 39.8 Å². The number of hydrogen-bond acceptors (Lipinski definition) is 12. The monoisotopic (exact) mass is 679 g/mol. The SMILES string of the molecule is C(CP(CCC[Si]12OCCN(CCO1)CCO2)CCC[Si]12OCCN(CCO1)CCO2)C[Si]12OCCN(CCO1)CCO2. The first-order valence-corrected chi connectivity index (χ1v) is 24.5. The fourth-order valence-corrected chi connectivity index (χ4v) is 17.8. The van der Waals surface area contributed by atoms with Crippen LogP contribution in [0.4, 0.5) is 0 Å². The van der Waals surface area contributed by atoms with Gasteiger partial charge in [0, 0.05) is 77.0 Å². The second-order valence-electron chi connectivity index (χ2n) is 12.4. The van der Waals surface area contributed by atoms with E-state index in [4.69, 9.17) is 39.8 Å². The van der Waals surface area contributed by atoms with Gasteiger partial charge in [0.15, 0.2) is 0 Å². The zero-order chi connectivity index (χ0) is 29.3. The summed E-state index contributed by atoms with van der Waals surface area (Å²) in [7, 11) is -7.99. The van der Waals surface area contributed by atoms with Crippen molar-refractivity contribution in [3.8, 4) is 0 Å². The Balaban J connectivity index is 1.04. The summed E-state index contributed by atoms with van der Waals surface area (Å²) in [6, 6.07) is 2.75. The predicted molar refractivity (Wildman–Crippen MR) is 170 cm³/mol. The number of rotatable bonds is 12. The molecule has 9 saturated heterocycles. The van der Waals surface area contributed by atoms with Gasteiger partial charge >= 0.3 is 26.4 Å². The molecule has 9 fully saturated rings. The lowest BCUT2D eigenvalue weighted by Gasteiger charge is -2.39. The summed E-state index contributed by atoms with van der Waals surface area (Å²) in [5.74, 6) is 0. The highest BCUT2D eigenvalue weighted by Crippen LogP contribution is 2.42. The van der Waals surface area contributed by atoms with Crippen LogP contribution in [0.3, 0.4) is 0 Å². The Morgan fingerprint density at radius 3 is 0.767 bits per heavy atom. The molecule has 0 spiro atoms. The molecule has 0 saturated carbocycles. The molecule has 9 aliphatic heterocycles. The molecule has 0 unspecified atom stereocenters. The minimum absolute atomic E-state index is 0.201. The highest BCUT2D eigenvalue weighted by molar-refractivity contribution is 7.57. The maximum atomic E-state index is 6.34. The van der Waals surface area contributed by atoms with Crippen LogP contribution in [-0.2, 0) is 39.8 Å². The molecule has 0 aromatic carbocycles. The second kappa shape index (κ2) is 16.6. The van der Waals surface area contributed by atoms with Crippen molar-refractivity contribution < 1.29 is 39.8 Å². The summed E-state index contributed by atoms with van der Waals surface area (Å²) in [6.07, 6.45) is 6.86. The predicted octanol–water partition coefficient (Wildman–Crippen LogP) is 1.59. The smallest absolute Gasteiger partial charge is 0.372 e. The summed E-state index contributed by atoms with van der Waals surface area (Å²) in [5, 5.41) is 0. The molecule has 9 rings (SSSR count). The van der Waals surface area contributed by atoms with Crippen LogP contribution in [0.25, 0.3) is 0 Å². The fraction of sp³-hybridized carbons (Fsp3) is 1.00. The summed E-state index contributed by atoms with van der Waals surface area (Å²) >= 11 is 0. The minimum Gasteiger partial charge on any atom is -0.372 e. The van der Waals surface area contributed by atoms with Gasteiger partial charge in [-0.1, -0.05) is 0 Å². The third kappa shape index (κ3) is 9.81. The van der Waals surface area contributed by atoms with Crippen molar-refractivity contribution in [1.82, 2.24) is 14.7 Å². The van der Waals surface area contributed by atoms with E-state index in [9.17, 15) is 0 Å². The summed E-state index contributed by atoms with van der Waals surface area (Å²) < 4.78 is 57.1. The standard InChI is InChI=1S/C27H54N3O9PSi3/c1(25-41-31-13-4-28(5-14-32-41)6-15-33-41)22-40(23-2-26-42-34-16-7-29(8-17-35-42)9-18-36-42)24-3-27-43-37-19-10-30(11-20-38-43)12-21-39-43/h1-27H2. The van der Waals surface area contributed by atoms with E-state index in [-0.39, 0.29) is 7.92 Å². The molecule has 0 atom stereocenters. The molecular weight excluding hydrogens is 626 g/mol. The van der Waals surface area contributed by atoms with Crippen molar-refractivity contribution in [3.63, 3.8) is 0 Å². The molecule has 9 aliphatic rings.